The van der Waals surface area contributed by atoms with Crippen molar-refractivity contribution in [1.29, 1.82) is 5.26 Å². The van der Waals surface area contributed by atoms with E-state index in [9.17, 15) is 11.8 Å². The number of rotatable bonds is 7. The van der Waals surface area contributed by atoms with Crippen LogP contribution in [0.1, 0.15) is 5.56 Å². The molecule has 0 spiro atoms. The van der Waals surface area contributed by atoms with Gasteiger partial charge in [0.25, 0.3) is 0 Å². The van der Waals surface area contributed by atoms with E-state index >= 15 is 0 Å². The second-order valence-electron chi connectivity index (χ2n) is 22.3. The number of nitriles is 1. The van der Waals surface area contributed by atoms with Gasteiger partial charge in [-0.25, -0.2) is 4.85 Å². The lowest BCUT2D eigenvalue weighted by Gasteiger charge is -2.26. The minimum atomic E-state index is 0.377. The summed E-state index contributed by atoms with van der Waals surface area (Å²) in [6, 6.07) is 97.4. The molecule has 5 aromatic heterocycles. The van der Waals surface area contributed by atoms with Gasteiger partial charge in [-0.1, -0.05) is 224 Å². The molecule has 0 atom stereocenters. The number of aromatic nitrogens is 2. The summed E-state index contributed by atoms with van der Waals surface area (Å²) in [5.74, 6) is 0. The molecule has 0 aliphatic heterocycles. The maximum atomic E-state index is 12.7. The molecule has 18 aromatic rings. The van der Waals surface area contributed by atoms with Gasteiger partial charge in [0.05, 0.1) is 55.0 Å². The molecule has 5 heterocycles. The quantitative estimate of drug-likeness (QED) is 0.149. The van der Waals surface area contributed by atoms with E-state index in [2.05, 4.69) is 246 Å². The number of nitrogens with zero attached hydrogens (tertiary/aromatic N) is 4. The lowest BCUT2D eigenvalue weighted by molar-refractivity contribution is 0.670. The second kappa shape index (κ2) is 19.1. The van der Waals surface area contributed by atoms with E-state index in [4.69, 9.17) is 9.26 Å². The summed E-state index contributed by atoms with van der Waals surface area (Å²) in [6.07, 6.45) is 0. The van der Waals surface area contributed by atoms with Gasteiger partial charge in [0.1, 0.15) is 17.2 Å². The third kappa shape index (κ3) is 7.04. The standard InChI is InChI=1S/C80H44N4OS2/c1-82-73-68(49-28-10-4-11-29-49)62(46-81)74(69(50-30-12-5-13-31-50)75(73)83-63-39-18-14-35-57(63)70-54(36-23-40-64(70)83)56-38-22-37-55-51-32-15-19-41-65(51)85-78(55)56)84-76-71(58(47-24-6-2-7-25-47)44-60-52-33-16-20-42-66(52)86-79(60)76)72-59(48-26-8-3-9-27-48)45-61-53-34-17-21-43-67(53)87-80(61)77(72)84/h2-45H. The molecule has 0 fully saturated rings. The fourth-order valence-electron chi connectivity index (χ4n) is 14.2. The molecule has 13 aromatic carbocycles. The Kier molecular flexibility index (Phi) is 10.8. The summed E-state index contributed by atoms with van der Waals surface area (Å²) in [4.78, 5) is 4.73. The summed E-state index contributed by atoms with van der Waals surface area (Å²) in [7, 11) is 0. The van der Waals surface area contributed by atoms with E-state index in [1.165, 1.54) is 20.2 Å². The van der Waals surface area contributed by atoms with Crippen molar-refractivity contribution in [2.45, 2.75) is 0 Å². The van der Waals surface area contributed by atoms with Gasteiger partial charge in [-0.15, -0.1) is 22.7 Å². The van der Waals surface area contributed by atoms with Gasteiger partial charge in [-0.05, 0) is 81.4 Å². The van der Waals surface area contributed by atoms with Crippen molar-refractivity contribution in [2.75, 3.05) is 0 Å². The zero-order valence-electron chi connectivity index (χ0n) is 46.4. The second-order valence-corrected chi connectivity index (χ2v) is 24.4. The number of benzene rings is 13. The van der Waals surface area contributed by atoms with Gasteiger partial charge in [0.15, 0.2) is 0 Å². The predicted octanol–water partition coefficient (Wildman–Crippen LogP) is 23.3. The summed E-state index contributed by atoms with van der Waals surface area (Å²) in [5, 5.41) is 23.7. The van der Waals surface area contributed by atoms with Crippen LogP contribution in [0.25, 0.3) is 178 Å². The van der Waals surface area contributed by atoms with Crippen molar-refractivity contribution in [3.8, 4) is 73.1 Å². The van der Waals surface area contributed by atoms with E-state index in [0.717, 1.165) is 136 Å². The van der Waals surface area contributed by atoms with Crippen LogP contribution in [0.2, 0.25) is 0 Å². The first kappa shape index (κ1) is 49.1. The number of para-hydroxylation sites is 3. The average molecular weight is 1140 g/mol. The van der Waals surface area contributed by atoms with E-state index in [1.54, 1.807) is 22.7 Å². The Balaban J connectivity index is 1.13. The minimum Gasteiger partial charge on any atom is -0.455 e. The molecular weight excluding hydrogens is 1100 g/mol. The zero-order valence-corrected chi connectivity index (χ0v) is 48.1. The van der Waals surface area contributed by atoms with Gasteiger partial charge in [0, 0.05) is 80.0 Å². The highest BCUT2D eigenvalue weighted by Gasteiger charge is 2.35. The number of furan rings is 1. The molecule has 0 aliphatic carbocycles. The highest BCUT2D eigenvalue weighted by molar-refractivity contribution is 7.27. The van der Waals surface area contributed by atoms with Crippen LogP contribution < -0.4 is 0 Å². The number of hydrogen-bond donors (Lipinski definition) is 0. The lowest BCUT2D eigenvalue weighted by Crippen LogP contribution is -2.09. The molecule has 18 rings (SSSR count). The van der Waals surface area contributed by atoms with Gasteiger partial charge in [0.2, 0.25) is 5.69 Å². The normalized spacial score (nSPS) is 11.9. The summed E-state index contributed by atoms with van der Waals surface area (Å²) in [5.41, 5.74) is 17.0. The molecule has 0 radical (unpaired) electrons. The van der Waals surface area contributed by atoms with Gasteiger partial charge < -0.3 is 13.6 Å². The Morgan fingerprint density at radius 2 is 0.851 bits per heavy atom. The molecule has 0 saturated carbocycles. The van der Waals surface area contributed by atoms with E-state index in [0.29, 0.717) is 28.2 Å². The van der Waals surface area contributed by atoms with E-state index in [1.807, 2.05) is 36.4 Å². The van der Waals surface area contributed by atoms with Crippen LogP contribution in [0.4, 0.5) is 5.69 Å². The van der Waals surface area contributed by atoms with Crippen molar-refractivity contribution in [3.63, 3.8) is 0 Å². The van der Waals surface area contributed by atoms with Gasteiger partial charge >= 0.3 is 0 Å². The molecule has 0 bridgehead atoms. The molecule has 5 nitrogen and oxygen atoms in total. The average Bonchev–Trinajstić information content (AvgIpc) is 1.56. The predicted molar refractivity (Wildman–Crippen MR) is 366 cm³/mol. The third-order valence-corrected chi connectivity index (χ3v) is 20.2. The maximum Gasteiger partial charge on any atom is 0.220 e. The smallest absolute Gasteiger partial charge is 0.220 e. The molecule has 0 saturated heterocycles. The van der Waals surface area contributed by atoms with Crippen LogP contribution in [0.15, 0.2) is 271 Å². The first-order valence-corrected chi connectivity index (χ1v) is 30.7. The first-order chi connectivity index (χ1) is 43.1. The van der Waals surface area contributed by atoms with Crippen molar-refractivity contribution < 1.29 is 4.42 Å². The van der Waals surface area contributed by atoms with Crippen LogP contribution in [-0.2, 0) is 0 Å². The number of fused-ring (bicyclic) bond motifs is 17. The fraction of sp³-hybridized carbons (Fsp3) is 0. The van der Waals surface area contributed by atoms with Crippen molar-refractivity contribution in [1.82, 2.24) is 9.13 Å². The molecular formula is C80H44N4OS2. The molecule has 0 aliphatic rings. The number of hydrogen-bond acceptors (Lipinski definition) is 4. The summed E-state index contributed by atoms with van der Waals surface area (Å²) in [6.45, 7) is 9.72. The maximum absolute atomic E-state index is 12.7. The van der Waals surface area contributed by atoms with E-state index in [-0.39, 0.29) is 0 Å². The fourth-order valence-corrected chi connectivity index (χ4v) is 16.7. The third-order valence-electron chi connectivity index (χ3n) is 17.8. The summed E-state index contributed by atoms with van der Waals surface area (Å²) < 4.78 is 16.2. The van der Waals surface area contributed by atoms with Crippen molar-refractivity contribution in [3.05, 3.63) is 284 Å². The van der Waals surface area contributed by atoms with Crippen LogP contribution in [0.5, 0.6) is 0 Å². The molecule has 0 unspecified atom stereocenters. The summed E-state index contributed by atoms with van der Waals surface area (Å²) >= 11 is 3.60. The van der Waals surface area contributed by atoms with Gasteiger partial charge in [-0.2, -0.15) is 5.26 Å². The Morgan fingerprint density at radius 1 is 0.379 bits per heavy atom. The molecule has 0 N–H and O–H groups in total. The van der Waals surface area contributed by atoms with E-state index < -0.39 is 0 Å². The van der Waals surface area contributed by atoms with Crippen LogP contribution in [0.3, 0.4) is 0 Å². The molecule has 87 heavy (non-hydrogen) atoms. The van der Waals surface area contributed by atoms with Gasteiger partial charge in [-0.3, -0.25) is 0 Å². The molecule has 402 valence electrons. The first-order valence-electron chi connectivity index (χ1n) is 29.1. The van der Waals surface area contributed by atoms with Crippen molar-refractivity contribution in [2.24, 2.45) is 0 Å². The monoisotopic (exact) mass is 1140 g/mol. The Bertz CT molecular complexity index is 5840. The van der Waals surface area contributed by atoms with Crippen LogP contribution >= 0.6 is 22.7 Å². The molecule has 7 heteroatoms. The van der Waals surface area contributed by atoms with Crippen molar-refractivity contribution >= 4 is 134 Å². The van der Waals surface area contributed by atoms with Crippen LogP contribution in [0, 0.1) is 17.9 Å². The Hall–Kier alpha value is -11.3. The SMILES string of the molecule is [C-]#[N+]c1c(-c2ccccc2)c(C#N)c(-n2c3c4sc5ccccc5c4cc(-c4ccccc4)c3c3c(-c4ccccc4)cc4c5ccccc5sc4c32)c(-c2ccccc2)c1-n1c2ccccc2c2c(-c3cccc4c3oc3ccccc34)cccc21. The minimum absolute atomic E-state index is 0.377. The topological polar surface area (TPSA) is 51.1 Å². The van der Waals surface area contributed by atoms with Crippen LogP contribution in [-0.4, -0.2) is 9.13 Å². The Morgan fingerprint density at radius 3 is 1.44 bits per heavy atom. The molecule has 0 amide bonds. The highest BCUT2D eigenvalue weighted by Crippen LogP contribution is 2.58. The lowest BCUT2D eigenvalue weighted by atomic mass is 9.88. The number of thiophene rings is 2. The largest absolute Gasteiger partial charge is 0.455 e. The zero-order chi connectivity index (χ0) is 57.4. The highest BCUT2D eigenvalue weighted by atomic mass is 32.1. The Labute approximate surface area is 506 Å².